The summed E-state index contributed by atoms with van der Waals surface area (Å²) in [4.78, 5) is 10.4. The summed E-state index contributed by atoms with van der Waals surface area (Å²) in [5.74, 6) is -1.19. The fourth-order valence-electron chi connectivity index (χ4n) is 1.91. The number of nitrogens with one attached hydrogen (secondary N) is 1. The quantitative estimate of drug-likeness (QED) is 0.496. The molecule has 2 aromatic rings. The van der Waals surface area contributed by atoms with E-state index < -0.39 is 16.6 Å². The summed E-state index contributed by atoms with van der Waals surface area (Å²) < 4.78 is 27.1. The van der Waals surface area contributed by atoms with Crippen LogP contribution in [0.3, 0.4) is 0 Å². The summed E-state index contributed by atoms with van der Waals surface area (Å²) in [7, 11) is 0. The Balaban J connectivity index is 2.23. The van der Waals surface area contributed by atoms with Gasteiger partial charge in [-0.1, -0.05) is 12.1 Å². The second-order valence-corrected chi connectivity index (χ2v) is 5.27. The molecule has 0 spiro atoms. The zero-order valence-electron chi connectivity index (χ0n) is 11.0. The lowest BCUT2D eigenvalue weighted by Crippen LogP contribution is -2.05. The minimum absolute atomic E-state index is 0.00149. The smallest absolute Gasteiger partial charge is 0.272 e. The highest BCUT2D eigenvalue weighted by atomic mass is 79.9. The van der Waals surface area contributed by atoms with Gasteiger partial charge in [0.1, 0.15) is 11.6 Å². The van der Waals surface area contributed by atoms with Crippen molar-refractivity contribution in [3.8, 4) is 0 Å². The number of anilines is 1. The Labute approximate surface area is 128 Å². The lowest BCUT2D eigenvalue weighted by molar-refractivity contribution is -0.385. The molecule has 110 valence electrons. The molecule has 0 bridgehead atoms. The van der Waals surface area contributed by atoms with Gasteiger partial charge in [-0.2, -0.15) is 0 Å². The first kappa shape index (κ1) is 15.4. The van der Waals surface area contributed by atoms with E-state index in [4.69, 9.17) is 0 Å². The zero-order chi connectivity index (χ0) is 15.6. The van der Waals surface area contributed by atoms with Crippen molar-refractivity contribution in [2.45, 2.75) is 13.5 Å². The van der Waals surface area contributed by atoms with Crippen molar-refractivity contribution in [1.29, 1.82) is 0 Å². The lowest BCUT2D eigenvalue weighted by atomic mass is 10.1. The molecule has 0 unspecified atom stereocenters. The van der Waals surface area contributed by atoms with Gasteiger partial charge >= 0.3 is 0 Å². The van der Waals surface area contributed by atoms with Crippen molar-refractivity contribution < 1.29 is 13.7 Å². The molecule has 1 N–H and O–H groups in total. The summed E-state index contributed by atoms with van der Waals surface area (Å²) in [6.45, 7) is 1.78. The standard InChI is InChI=1S/C14H11BrF2N2O2/c1-8-9(3-2-4-14(8)19(20)21)7-18-13-6-11(16)10(15)5-12(13)17/h2-6,18H,7H2,1H3. The molecule has 0 aliphatic heterocycles. The van der Waals surface area contributed by atoms with Crippen molar-refractivity contribution in [3.05, 3.63) is 67.7 Å². The van der Waals surface area contributed by atoms with E-state index in [0.717, 1.165) is 12.1 Å². The summed E-state index contributed by atoms with van der Waals surface area (Å²) in [6.07, 6.45) is 0. The molecule has 7 heteroatoms. The van der Waals surface area contributed by atoms with Crippen LogP contribution in [0.15, 0.2) is 34.8 Å². The number of hydrogen-bond donors (Lipinski definition) is 1. The maximum absolute atomic E-state index is 13.7. The second-order valence-electron chi connectivity index (χ2n) is 4.42. The van der Waals surface area contributed by atoms with Gasteiger partial charge in [0.15, 0.2) is 0 Å². The molecule has 0 atom stereocenters. The summed E-state index contributed by atoms with van der Waals surface area (Å²) in [6, 6.07) is 6.71. The van der Waals surface area contributed by atoms with Gasteiger partial charge < -0.3 is 5.32 Å². The van der Waals surface area contributed by atoms with Crippen LogP contribution in [0.1, 0.15) is 11.1 Å². The highest BCUT2D eigenvalue weighted by Gasteiger charge is 2.14. The number of rotatable bonds is 4. The number of hydrogen-bond acceptors (Lipinski definition) is 3. The van der Waals surface area contributed by atoms with Crippen molar-refractivity contribution in [1.82, 2.24) is 0 Å². The Morgan fingerprint density at radius 3 is 2.67 bits per heavy atom. The van der Waals surface area contributed by atoms with Crippen molar-refractivity contribution >= 4 is 27.3 Å². The topological polar surface area (TPSA) is 55.2 Å². The Kier molecular flexibility index (Phi) is 4.52. The minimum Gasteiger partial charge on any atom is -0.379 e. The SMILES string of the molecule is Cc1c(CNc2cc(F)c(Br)cc2F)cccc1[N+](=O)[O-]. The first-order chi connectivity index (χ1) is 9.90. The van der Waals surface area contributed by atoms with Crippen LogP contribution in [-0.4, -0.2) is 4.92 Å². The van der Waals surface area contributed by atoms with Crippen LogP contribution in [0.4, 0.5) is 20.2 Å². The van der Waals surface area contributed by atoms with Gasteiger partial charge in [0.25, 0.3) is 5.69 Å². The van der Waals surface area contributed by atoms with E-state index in [2.05, 4.69) is 21.2 Å². The van der Waals surface area contributed by atoms with E-state index >= 15 is 0 Å². The van der Waals surface area contributed by atoms with E-state index in [1.165, 1.54) is 6.07 Å². The van der Waals surface area contributed by atoms with Gasteiger partial charge in [-0.15, -0.1) is 0 Å². The fraction of sp³-hybridized carbons (Fsp3) is 0.143. The molecule has 0 saturated heterocycles. The maximum atomic E-state index is 13.7. The van der Waals surface area contributed by atoms with Gasteiger partial charge in [-0.3, -0.25) is 10.1 Å². The van der Waals surface area contributed by atoms with Gasteiger partial charge in [0.2, 0.25) is 0 Å². The van der Waals surface area contributed by atoms with E-state index in [1.807, 2.05) is 0 Å². The highest BCUT2D eigenvalue weighted by molar-refractivity contribution is 9.10. The summed E-state index contributed by atoms with van der Waals surface area (Å²) >= 11 is 2.90. The minimum atomic E-state index is -0.605. The molecule has 0 heterocycles. The maximum Gasteiger partial charge on any atom is 0.272 e. The zero-order valence-corrected chi connectivity index (χ0v) is 12.6. The van der Waals surface area contributed by atoms with E-state index in [0.29, 0.717) is 11.1 Å². The fourth-order valence-corrected chi connectivity index (χ4v) is 2.22. The largest absolute Gasteiger partial charge is 0.379 e. The number of nitrogens with zero attached hydrogens (tertiary/aromatic N) is 1. The van der Waals surface area contributed by atoms with Gasteiger partial charge in [-0.05, 0) is 34.5 Å². The van der Waals surface area contributed by atoms with Gasteiger partial charge in [0, 0.05) is 24.2 Å². The Bertz CT molecular complexity index is 708. The first-order valence-electron chi connectivity index (χ1n) is 6.01. The first-order valence-corrected chi connectivity index (χ1v) is 6.80. The molecule has 4 nitrogen and oxygen atoms in total. The predicted molar refractivity (Wildman–Crippen MR) is 79.2 cm³/mol. The molecular weight excluding hydrogens is 346 g/mol. The Morgan fingerprint density at radius 2 is 2.00 bits per heavy atom. The lowest BCUT2D eigenvalue weighted by Gasteiger charge is -2.10. The monoisotopic (exact) mass is 356 g/mol. The number of nitro groups is 1. The Morgan fingerprint density at radius 1 is 1.29 bits per heavy atom. The normalized spacial score (nSPS) is 10.5. The van der Waals surface area contributed by atoms with Crippen LogP contribution in [0.25, 0.3) is 0 Å². The molecule has 0 radical (unpaired) electrons. The van der Waals surface area contributed by atoms with Crippen molar-refractivity contribution in [2.24, 2.45) is 0 Å². The molecule has 0 aliphatic carbocycles. The molecule has 0 fully saturated rings. The average molecular weight is 357 g/mol. The van der Waals surface area contributed by atoms with Crippen molar-refractivity contribution in [2.75, 3.05) is 5.32 Å². The third kappa shape index (κ3) is 3.36. The number of nitro benzene ring substituents is 1. The van der Waals surface area contributed by atoms with Crippen LogP contribution in [0.5, 0.6) is 0 Å². The highest BCUT2D eigenvalue weighted by Crippen LogP contribution is 2.25. The predicted octanol–water partition coefficient (Wildman–Crippen LogP) is 4.56. The average Bonchev–Trinajstić information content (AvgIpc) is 2.42. The summed E-state index contributed by atoms with van der Waals surface area (Å²) in [5, 5.41) is 13.6. The van der Waals surface area contributed by atoms with Crippen LogP contribution < -0.4 is 5.32 Å². The molecular formula is C14H11BrF2N2O2. The summed E-state index contributed by atoms with van der Waals surface area (Å²) in [5.41, 5.74) is 1.14. The molecule has 0 saturated carbocycles. The molecule has 2 aromatic carbocycles. The van der Waals surface area contributed by atoms with E-state index in [9.17, 15) is 18.9 Å². The number of benzene rings is 2. The van der Waals surface area contributed by atoms with Crippen LogP contribution in [0.2, 0.25) is 0 Å². The van der Waals surface area contributed by atoms with Crippen LogP contribution >= 0.6 is 15.9 Å². The van der Waals surface area contributed by atoms with E-state index in [-0.39, 0.29) is 22.4 Å². The Hall–Kier alpha value is -2.02. The molecule has 0 aliphatic rings. The van der Waals surface area contributed by atoms with Crippen LogP contribution in [0, 0.1) is 28.7 Å². The van der Waals surface area contributed by atoms with E-state index in [1.54, 1.807) is 19.1 Å². The molecule has 0 aromatic heterocycles. The molecule has 21 heavy (non-hydrogen) atoms. The third-order valence-electron chi connectivity index (χ3n) is 3.09. The van der Waals surface area contributed by atoms with Crippen molar-refractivity contribution in [3.63, 3.8) is 0 Å². The van der Waals surface area contributed by atoms with Gasteiger partial charge in [-0.25, -0.2) is 8.78 Å². The number of halogens is 3. The van der Waals surface area contributed by atoms with Gasteiger partial charge in [0.05, 0.1) is 15.1 Å². The molecule has 2 rings (SSSR count). The second kappa shape index (κ2) is 6.17. The third-order valence-corrected chi connectivity index (χ3v) is 3.70. The molecule has 0 amide bonds. The van der Waals surface area contributed by atoms with Crippen LogP contribution in [-0.2, 0) is 6.54 Å².